The molecule has 3 aromatic rings. The molecule has 1 aromatic carbocycles. The number of fused-ring (bicyclic) bond motifs is 2. The molecule has 11 heteroatoms. The maximum absolute atomic E-state index is 13.8. The van der Waals surface area contributed by atoms with Crippen LogP contribution in [0.2, 0.25) is 0 Å². The summed E-state index contributed by atoms with van der Waals surface area (Å²) in [7, 11) is 0. The molecular weight excluding hydrogens is 444 g/mol. The van der Waals surface area contributed by atoms with Crippen molar-refractivity contribution in [1.29, 1.82) is 0 Å². The highest BCUT2D eigenvalue weighted by atomic mass is 19.4. The number of ether oxygens (including phenoxy) is 2. The number of halogens is 4. The Balaban J connectivity index is 1.58. The van der Waals surface area contributed by atoms with Crippen molar-refractivity contribution in [2.75, 3.05) is 31.6 Å². The molecule has 3 atom stereocenters. The Kier molecular flexibility index (Phi) is 5.32. The van der Waals surface area contributed by atoms with Gasteiger partial charge in [0.1, 0.15) is 23.9 Å². The lowest BCUT2D eigenvalue weighted by atomic mass is 9.94. The van der Waals surface area contributed by atoms with Gasteiger partial charge in [-0.25, -0.2) is 9.37 Å². The topological polar surface area (TPSA) is 71.3 Å². The Morgan fingerprint density at radius 1 is 1.21 bits per heavy atom. The molecule has 176 valence electrons. The third-order valence-electron chi connectivity index (χ3n) is 5.98. The van der Waals surface area contributed by atoms with Crippen molar-refractivity contribution in [3.63, 3.8) is 0 Å². The van der Waals surface area contributed by atoms with Gasteiger partial charge in [0.25, 0.3) is 0 Å². The standard InChI is InChI=1S/C22H22F4N4O3/c1-12-8-29(4-5-32-12)17-11-33-18-6-13(23)2-3-15(18)20(17)27-16-7-14(31)9-30-10-19(22(24,25)26)28-21(16)30/h2-3,6-7,9-10,12,17,20,27,31H,4-5,8,11H2,1H3. The molecule has 7 nitrogen and oxygen atoms in total. The second-order valence-electron chi connectivity index (χ2n) is 8.33. The summed E-state index contributed by atoms with van der Waals surface area (Å²) in [6, 6.07) is 4.87. The molecule has 2 aliphatic rings. The molecule has 1 saturated heterocycles. The molecule has 3 unspecified atom stereocenters. The van der Waals surface area contributed by atoms with Crippen molar-refractivity contribution in [2.45, 2.75) is 31.3 Å². The molecule has 2 aliphatic heterocycles. The molecule has 5 rings (SSSR count). The largest absolute Gasteiger partial charge is 0.506 e. The molecule has 1 fully saturated rings. The molecular formula is C22H22F4N4O3. The number of pyridine rings is 1. The first-order valence-electron chi connectivity index (χ1n) is 10.5. The van der Waals surface area contributed by atoms with Gasteiger partial charge in [-0.2, -0.15) is 13.2 Å². The van der Waals surface area contributed by atoms with Crippen LogP contribution in [-0.4, -0.2) is 57.8 Å². The number of benzene rings is 1. The van der Waals surface area contributed by atoms with Crippen LogP contribution in [0.4, 0.5) is 23.2 Å². The van der Waals surface area contributed by atoms with Crippen LogP contribution in [0, 0.1) is 5.82 Å². The van der Waals surface area contributed by atoms with Crippen LogP contribution in [-0.2, 0) is 10.9 Å². The second-order valence-corrected chi connectivity index (χ2v) is 8.33. The number of aromatic hydroxyl groups is 1. The van der Waals surface area contributed by atoms with E-state index in [9.17, 15) is 22.7 Å². The Bertz CT molecular complexity index is 1180. The van der Waals surface area contributed by atoms with Gasteiger partial charge >= 0.3 is 6.18 Å². The lowest BCUT2D eigenvalue weighted by Crippen LogP contribution is -2.54. The average Bonchev–Trinajstić information content (AvgIpc) is 3.18. The summed E-state index contributed by atoms with van der Waals surface area (Å²) in [6.45, 7) is 4.03. The van der Waals surface area contributed by atoms with Crippen molar-refractivity contribution in [2.24, 2.45) is 0 Å². The monoisotopic (exact) mass is 466 g/mol. The Hall–Kier alpha value is -3.05. The lowest BCUT2D eigenvalue weighted by Gasteiger charge is -2.44. The van der Waals surface area contributed by atoms with Crippen molar-refractivity contribution in [1.82, 2.24) is 14.3 Å². The quantitative estimate of drug-likeness (QED) is 0.572. The van der Waals surface area contributed by atoms with Gasteiger partial charge in [-0.3, -0.25) is 4.90 Å². The first-order valence-corrected chi connectivity index (χ1v) is 10.5. The SMILES string of the molecule is CC1CN(C2COc3cc(F)ccc3C2Nc2cc(O)cn3cc(C(F)(F)F)nc23)CCO1. The number of anilines is 1. The number of nitrogens with zero attached hydrogens (tertiary/aromatic N) is 3. The number of morpholine rings is 1. The van der Waals surface area contributed by atoms with E-state index in [2.05, 4.69) is 15.2 Å². The molecule has 0 spiro atoms. The van der Waals surface area contributed by atoms with E-state index in [1.54, 1.807) is 6.07 Å². The maximum Gasteiger partial charge on any atom is 0.434 e. The van der Waals surface area contributed by atoms with E-state index in [0.29, 0.717) is 31.0 Å². The second kappa shape index (κ2) is 8.07. The Morgan fingerprint density at radius 2 is 2.03 bits per heavy atom. The van der Waals surface area contributed by atoms with Gasteiger partial charge in [0.05, 0.1) is 36.7 Å². The first-order chi connectivity index (χ1) is 15.7. The van der Waals surface area contributed by atoms with Crippen LogP contribution in [0.15, 0.2) is 36.7 Å². The summed E-state index contributed by atoms with van der Waals surface area (Å²) in [5, 5.41) is 13.4. The summed E-state index contributed by atoms with van der Waals surface area (Å²) in [6.07, 6.45) is -2.64. The molecule has 4 heterocycles. The van der Waals surface area contributed by atoms with Crippen LogP contribution >= 0.6 is 0 Å². The van der Waals surface area contributed by atoms with E-state index in [4.69, 9.17) is 9.47 Å². The zero-order valence-electron chi connectivity index (χ0n) is 17.6. The van der Waals surface area contributed by atoms with Crippen LogP contribution in [0.25, 0.3) is 5.65 Å². The fourth-order valence-electron chi connectivity index (χ4n) is 4.50. The summed E-state index contributed by atoms with van der Waals surface area (Å²) < 4.78 is 66.3. The smallest absolute Gasteiger partial charge is 0.434 e. The zero-order chi connectivity index (χ0) is 23.3. The van der Waals surface area contributed by atoms with Crippen molar-refractivity contribution in [3.05, 3.63) is 53.7 Å². The van der Waals surface area contributed by atoms with Gasteiger partial charge in [-0.15, -0.1) is 0 Å². The van der Waals surface area contributed by atoms with Gasteiger partial charge in [0.2, 0.25) is 0 Å². The fourth-order valence-corrected chi connectivity index (χ4v) is 4.50. The predicted molar refractivity (Wildman–Crippen MR) is 111 cm³/mol. The molecule has 0 aliphatic carbocycles. The predicted octanol–water partition coefficient (Wildman–Crippen LogP) is 3.83. The summed E-state index contributed by atoms with van der Waals surface area (Å²) in [5.41, 5.74) is -0.164. The van der Waals surface area contributed by atoms with E-state index >= 15 is 0 Å². The highest BCUT2D eigenvalue weighted by molar-refractivity contribution is 5.71. The van der Waals surface area contributed by atoms with Crippen LogP contribution in [0.5, 0.6) is 11.5 Å². The van der Waals surface area contributed by atoms with Crippen LogP contribution < -0.4 is 10.1 Å². The Labute approximate surface area is 186 Å². The summed E-state index contributed by atoms with van der Waals surface area (Å²) >= 11 is 0. The van der Waals surface area contributed by atoms with Gasteiger partial charge in [0.15, 0.2) is 11.3 Å². The third-order valence-corrected chi connectivity index (χ3v) is 5.98. The third kappa shape index (κ3) is 4.18. The number of nitrogens with one attached hydrogen (secondary N) is 1. The fraction of sp³-hybridized carbons (Fsp3) is 0.409. The molecule has 0 bridgehead atoms. The first kappa shape index (κ1) is 21.8. The van der Waals surface area contributed by atoms with Gasteiger partial charge in [0, 0.05) is 37.0 Å². The number of hydrogen-bond acceptors (Lipinski definition) is 6. The normalized spacial score (nSPS) is 23.8. The molecule has 2 aromatic heterocycles. The molecule has 0 amide bonds. The van der Waals surface area contributed by atoms with Crippen molar-refractivity contribution in [3.8, 4) is 11.5 Å². The van der Waals surface area contributed by atoms with E-state index in [1.165, 1.54) is 18.2 Å². The molecule has 0 radical (unpaired) electrons. The minimum absolute atomic E-state index is 0.00290. The van der Waals surface area contributed by atoms with Crippen LogP contribution in [0.1, 0.15) is 24.2 Å². The minimum Gasteiger partial charge on any atom is -0.506 e. The highest BCUT2D eigenvalue weighted by Crippen LogP contribution is 2.39. The number of rotatable bonds is 3. The van der Waals surface area contributed by atoms with Crippen molar-refractivity contribution >= 4 is 11.3 Å². The van der Waals surface area contributed by atoms with Gasteiger partial charge in [-0.05, 0) is 13.0 Å². The van der Waals surface area contributed by atoms with Crippen LogP contribution in [0.3, 0.4) is 0 Å². The van der Waals surface area contributed by atoms with E-state index < -0.39 is 23.7 Å². The number of aromatic nitrogens is 2. The molecule has 2 N–H and O–H groups in total. The maximum atomic E-state index is 13.8. The lowest BCUT2D eigenvalue weighted by molar-refractivity contribution is -0.140. The summed E-state index contributed by atoms with van der Waals surface area (Å²) in [4.78, 5) is 5.94. The van der Waals surface area contributed by atoms with Gasteiger partial charge in [-0.1, -0.05) is 6.07 Å². The minimum atomic E-state index is -4.63. The Morgan fingerprint density at radius 3 is 2.79 bits per heavy atom. The number of hydrogen-bond donors (Lipinski definition) is 2. The number of alkyl halides is 3. The van der Waals surface area contributed by atoms with Crippen molar-refractivity contribution < 1.29 is 32.1 Å². The molecule has 0 saturated carbocycles. The average molecular weight is 466 g/mol. The summed E-state index contributed by atoms with van der Waals surface area (Å²) in [5.74, 6) is -0.312. The van der Waals surface area contributed by atoms with Gasteiger partial charge < -0.3 is 24.3 Å². The van der Waals surface area contributed by atoms with E-state index in [0.717, 1.165) is 16.8 Å². The van der Waals surface area contributed by atoms with E-state index in [-0.39, 0.29) is 35.8 Å². The molecule has 33 heavy (non-hydrogen) atoms. The zero-order valence-corrected chi connectivity index (χ0v) is 17.6. The van der Waals surface area contributed by atoms with E-state index in [1.807, 2.05) is 6.92 Å². The number of imidazole rings is 1. The highest BCUT2D eigenvalue weighted by Gasteiger charge is 2.38.